The van der Waals surface area contributed by atoms with E-state index in [2.05, 4.69) is 5.32 Å². The highest BCUT2D eigenvalue weighted by molar-refractivity contribution is 6.01. The Morgan fingerprint density at radius 1 is 1.21 bits per heavy atom. The largest absolute Gasteiger partial charge is 0.492 e. The lowest BCUT2D eigenvalue weighted by atomic mass is 10.0. The van der Waals surface area contributed by atoms with Gasteiger partial charge in [-0.05, 0) is 38.0 Å². The van der Waals surface area contributed by atoms with Gasteiger partial charge in [0.1, 0.15) is 6.17 Å². The van der Waals surface area contributed by atoms with Crippen LogP contribution in [0.3, 0.4) is 0 Å². The number of amides is 1. The molecule has 0 aliphatic carbocycles. The number of para-hydroxylation sites is 2. The Bertz CT molecular complexity index is 848. The molecule has 6 heteroatoms. The smallest absolute Gasteiger partial charge is 0.257 e. The van der Waals surface area contributed by atoms with Crippen LogP contribution < -0.4 is 14.8 Å². The zero-order valence-electron chi connectivity index (χ0n) is 16.3. The van der Waals surface area contributed by atoms with Gasteiger partial charge in [0.2, 0.25) is 0 Å². The first-order valence-electron chi connectivity index (χ1n) is 9.80. The van der Waals surface area contributed by atoms with Crippen LogP contribution in [0.25, 0.3) is 0 Å². The van der Waals surface area contributed by atoms with Gasteiger partial charge in [0.05, 0.1) is 25.4 Å². The number of rotatable bonds is 6. The van der Waals surface area contributed by atoms with E-state index < -0.39 is 0 Å². The molecular weight excluding hydrogens is 356 g/mol. The molecule has 1 saturated heterocycles. The molecule has 0 saturated carbocycles. The van der Waals surface area contributed by atoms with Crippen LogP contribution in [0.4, 0.5) is 5.69 Å². The van der Waals surface area contributed by atoms with Crippen molar-refractivity contribution in [3.05, 3.63) is 53.6 Å². The number of benzene rings is 2. The van der Waals surface area contributed by atoms with Crippen LogP contribution in [0.1, 0.15) is 41.9 Å². The first-order valence-corrected chi connectivity index (χ1v) is 9.80. The number of ether oxygens (including phenoxy) is 3. The topological polar surface area (TPSA) is 60.0 Å². The summed E-state index contributed by atoms with van der Waals surface area (Å²) in [5, 5.41) is 3.53. The molecule has 2 aromatic carbocycles. The highest BCUT2D eigenvalue weighted by atomic mass is 16.5. The molecule has 2 aliphatic heterocycles. The van der Waals surface area contributed by atoms with Crippen LogP contribution in [0.15, 0.2) is 42.5 Å². The van der Waals surface area contributed by atoms with Crippen LogP contribution in [-0.4, -0.2) is 43.8 Å². The SMILES string of the molecule is CCOc1cccc([C@@H]2Nc3ccccc3C(=O)N2C[C@H]2CCCO2)c1OC. The standard InChI is InChI=1S/C22H26N2O4/c1-3-27-19-12-6-10-17(20(19)26-2)21-23-18-11-5-4-9-16(18)22(25)24(21)14-15-8-7-13-28-15/h4-6,9-12,15,21,23H,3,7-8,13-14H2,1-2H3/t15-,21-/m1/s1. The van der Waals surface area contributed by atoms with Crippen molar-refractivity contribution in [1.82, 2.24) is 4.90 Å². The van der Waals surface area contributed by atoms with Crippen molar-refractivity contribution in [2.24, 2.45) is 0 Å². The number of anilines is 1. The van der Waals surface area contributed by atoms with Gasteiger partial charge in [-0.15, -0.1) is 0 Å². The molecule has 1 fully saturated rings. The molecule has 2 atom stereocenters. The maximum Gasteiger partial charge on any atom is 0.257 e. The van der Waals surface area contributed by atoms with E-state index in [-0.39, 0.29) is 18.2 Å². The van der Waals surface area contributed by atoms with Crippen LogP contribution >= 0.6 is 0 Å². The molecule has 0 radical (unpaired) electrons. The Hall–Kier alpha value is -2.73. The quantitative estimate of drug-likeness (QED) is 0.823. The molecule has 28 heavy (non-hydrogen) atoms. The summed E-state index contributed by atoms with van der Waals surface area (Å²) in [5.41, 5.74) is 2.37. The van der Waals surface area contributed by atoms with Crippen molar-refractivity contribution in [1.29, 1.82) is 0 Å². The summed E-state index contributed by atoms with van der Waals surface area (Å²) in [4.78, 5) is 15.2. The van der Waals surface area contributed by atoms with Gasteiger partial charge in [-0.3, -0.25) is 4.79 Å². The van der Waals surface area contributed by atoms with Gasteiger partial charge >= 0.3 is 0 Å². The maximum absolute atomic E-state index is 13.4. The van der Waals surface area contributed by atoms with E-state index in [4.69, 9.17) is 14.2 Å². The molecule has 2 aromatic rings. The molecule has 2 aliphatic rings. The first kappa shape index (κ1) is 18.6. The minimum Gasteiger partial charge on any atom is -0.492 e. The maximum atomic E-state index is 13.4. The number of carbonyl (C=O) groups is 1. The third-order valence-corrected chi connectivity index (χ3v) is 5.25. The van der Waals surface area contributed by atoms with Crippen LogP contribution in [0.5, 0.6) is 11.5 Å². The minimum atomic E-state index is -0.359. The summed E-state index contributed by atoms with van der Waals surface area (Å²) in [7, 11) is 1.63. The molecular formula is C22H26N2O4. The van der Waals surface area contributed by atoms with Crippen molar-refractivity contribution >= 4 is 11.6 Å². The van der Waals surface area contributed by atoms with E-state index in [0.29, 0.717) is 30.2 Å². The second kappa shape index (κ2) is 8.10. The van der Waals surface area contributed by atoms with E-state index in [1.165, 1.54) is 0 Å². The van der Waals surface area contributed by atoms with Gasteiger partial charge in [-0.1, -0.05) is 24.3 Å². The number of fused-ring (bicyclic) bond motifs is 1. The second-order valence-electron chi connectivity index (χ2n) is 7.00. The van der Waals surface area contributed by atoms with Crippen molar-refractivity contribution < 1.29 is 19.0 Å². The van der Waals surface area contributed by atoms with Gasteiger partial charge in [-0.25, -0.2) is 0 Å². The summed E-state index contributed by atoms with van der Waals surface area (Å²) in [5.74, 6) is 1.32. The molecule has 1 N–H and O–H groups in total. The van der Waals surface area contributed by atoms with Gasteiger partial charge < -0.3 is 24.4 Å². The fourth-order valence-electron chi connectivity index (χ4n) is 3.97. The number of hydrogen-bond acceptors (Lipinski definition) is 5. The third kappa shape index (κ3) is 3.40. The lowest BCUT2D eigenvalue weighted by Gasteiger charge is -2.39. The highest BCUT2D eigenvalue weighted by Gasteiger charge is 2.37. The number of nitrogens with one attached hydrogen (secondary N) is 1. The predicted molar refractivity (Wildman–Crippen MR) is 107 cm³/mol. The fraction of sp³-hybridized carbons (Fsp3) is 0.409. The van der Waals surface area contributed by atoms with Gasteiger partial charge in [0.15, 0.2) is 11.5 Å². The van der Waals surface area contributed by atoms with Crippen LogP contribution in [0, 0.1) is 0 Å². The Morgan fingerprint density at radius 2 is 2.07 bits per heavy atom. The first-order chi connectivity index (χ1) is 13.7. The zero-order valence-corrected chi connectivity index (χ0v) is 16.3. The normalized spacial score (nSPS) is 21.2. The zero-order chi connectivity index (χ0) is 19.5. The van der Waals surface area contributed by atoms with E-state index in [0.717, 1.165) is 30.7 Å². The van der Waals surface area contributed by atoms with E-state index in [9.17, 15) is 4.79 Å². The Labute approximate surface area is 165 Å². The Morgan fingerprint density at radius 3 is 2.82 bits per heavy atom. The van der Waals surface area contributed by atoms with Crippen LogP contribution in [0.2, 0.25) is 0 Å². The third-order valence-electron chi connectivity index (χ3n) is 5.25. The number of nitrogens with zero attached hydrogens (tertiary/aromatic N) is 1. The van der Waals surface area contributed by atoms with Crippen molar-refractivity contribution in [3.8, 4) is 11.5 Å². The van der Waals surface area contributed by atoms with Gasteiger partial charge in [0, 0.05) is 24.4 Å². The van der Waals surface area contributed by atoms with Crippen molar-refractivity contribution in [2.45, 2.75) is 32.0 Å². The highest BCUT2D eigenvalue weighted by Crippen LogP contribution is 2.41. The number of methoxy groups -OCH3 is 1. The van der Waals surface area contributed by atoms with E-state index >= 15 is 0 Å². The molecule has 2 heterocycles. The lowest BCUT2D eigenvalue weighted by molar-refractivity contribution is 0.0424. The molecule has 4 rings (SSSR count). The molecule has 148 valence electrons. The van der Waals surface area contributed by atoms with Crippen molar-refractivity contribution in [3.63, 3.8) is 0 Å². The van der Waals surface area contributed by atoms with E-state index in [1.807, 2.05) is 54.3 Å². The van der Waals surface area contributed by atoms with Crippen molar-refractivity contribution in [2.75, 3.05) is 32.2 Å². The van der Waals surface area contributed by atoms with Crippen LogP contribution in [-0.2, 0) is 4.74 Å². The Balaban J connectivity index is 1.76. The average Bonchev–Trinajstić information content (AvgIpc) is 3.23. The summed E-state index contributed by atoms with van der Waals surface area (Å²) in [6.45, 7) is 3.77. The molecule has 0 spiro atoms. The number of hydrogen-bond donors (Lipinski definition) is 1. The molecule has 0 unspecified atom stereocenters. The minimum absolute atomic E-state index is 0.00119. The summed E-state index contributed by atoms with van der Waals surface area (Å²) in [6, 6.07) is 13.4. The molecule has 6 nitrogen and oxygen atoms in total. The molecule has 1 amide bonds. The number of carbonyl (C=O) groups excluding carboxylic acids is 1. The Kier molecular flexibility index (Phi) is 5.39. The lowest BCUT2D eigenvalue weighted by Crippen LogP contribution is -2.46. The van der Waals surface area contributed by atoms with Gasteiger partial charge in [0.25, 0.3) is 5.91 Å². The fourth-order valence-corrected chi connectivity index (χ4v) is 3.97. The summed E-state index contributed by atoms with van der Waals surface area (Å²) >= 11 is 0. The van der Waals surface area contributed by atoms with Gasteiger partial charge in [-0.2, -0.15) is 0 Å². The second-order valence-corrected chi connectivity index (χ2v) is 7.00. The average molecular weight is 382 g/mol. The summed E-state index contributed by atoms with van der Waals surface area (Å²) < 4.78 is 17.3. The molecule has 0 bridgehead atoms. The van der Waals surface area contributed by atoms with E-state index in [1.54, 1.807) is 7.11 Å². The molecule has 0 aromatic heterocycles. The summed E-state index contributed by atoms with van der Waals surface area (Å²) in [6.07, 6.45) is 1.69. The monoisotopic (exact) mass is 382 g/mol. The predicted octanol–water partition coefficient (Wildman–Crippen LogP) is 3.84.